The summed E-state index contributed by atoms with van der Waals surface area (Å²) in [7, 11) is -0.576. The average Bonchev–Trinajstić information content (AvgIpc) is 2.62. The van der Waals surface area contributed by atoms with Crippen molar-refractivity contribution in [3.8, 4) is 0 Å². The van der Waals surface area contributed by atoms with Crippen LogP contribution in [0.1, 0.15) is 0 Å². The lowest BCUT2D eigenvalue weighted by Crippen LogP contribution is -2.36. The van der Waals surface area contributed by atoms with Gasteiger partial charge in [-0.15, -0.1) is 11.8 Å². The summed E-state index contributed by atoms with van der Waals surface area (Å²) in [6, 6.07) is 14.3. The molecule has 0 bridgehead atoms. The molecule has 138 valence electrons. The van der Waals surface area contributed by atoms with Crippen molar-refractivity contribution in [2.75, 3.05) is 43.2 Å². The number of carbonyl (C=O) groups excluding carboxylic acids is 1. The molecule has 0 unspecified atom stereocenters. The molecular weight excluding hydrogens is 370 g/mol. The van der Waals surface area contributed by atoms with E-state index in [9.17, 15) is 13.2 Å². The van der Waals surface area contributed by atoms with Crippen LogP contribution in [0.4, 0.5) is 11.4 Å². The quantitative estimate of drug-likeness (QED) is 0.848. The highest BCUT2D eigenvalue weighted by Crippen LogP contribution is 2.34. The maximum atomic E-state index is 12.5. The fourth-order valence-corrected chi connectivity index (χ4v) is 4.71. The number of anilines is 2. The molecule has 8 heteroatoms. The molecule has 2 aromatic rings. The number of rotatable bonds is 5. The number of thioether (sulfide) groups is 1. The highest BCUT2D eigenvalue weighted by molar-refractivity contribution is 7.99. The fourth-order valence-electron chi connectivity index (χ4n) is 2.71. The summed E-state index contributed by atoms with van der Waals surface area (Å²) in [5.41, 5.74) is 1.53. The van der Waals surface area contributed by atoms with Crippen molar-refractivity contribution >= 4 is 39.1 Å². The third-order valence-corrected chi connectivity index (χ3v) is 6.91. The van der Waals surface area contributed by atoms with E-state index in [1.54, 1.807) is 23.9 Å². The zero-order valence-electron chi connectivity index (χ0n) is 14.7. The van der Waals surface area contributed by atoms with Crippen molar-refractivity contribution < 1.29 is 13.2 Å². The molecule has 2 aromatic carbocycles. The minimum absolute atomic E-state index is 0.153. The van der Waals surface area contributed by atoms with Crippen molar-refractivity contribution in [1.29, 1.82) is 0 Å². The van der Waals surface area contributed by atoms with Crippen LogP contribution in [0, 0.1) is 0 Å². The lowest BCUT2D eigenvalue weighted by molar-refractivity contribution is -0.115. The van der Waals surface area contributed by atoms with Crippen molar-refractivity contribution in [1.82, 2.24) is 4.31 Å². The second-order valence-corrected chi connectivity index (χ2v) is 9.39. The normalized spacial score (nSPS) is 14.2. The maximum Gasteiger partial charge on any atom is 0.243 e. The number of amides is 1. The van der Waals surface area contributed by atoms with Gasteiger partial charge < -0.3 is 10.2 Å². The van der Waals surface area contributed by atoms with Gasteiger partial charge in [0.1, 0.15) is 0 Å². The first kappa shape index (κ1) is 18.8. The first-order valence-corrected chi connectivity index (χ1v) is 10.6. The summed E-state index contributed by atoms with van der Waals surface area (Å²) >= 11 is 1.79. The zero-order valence-corrected chi connectivity index (χ0v) is 16.3. The number of nitrogens with zero attached hydrogens (tertiary/aromatic N) is 2. The van der Waals surface area contributed by atoms with Crippen LogP contribution in [-0.4, -0.2) is 51.6 Å². The number of hydrogen-bond acceptors (Lipinski definition) is 5. The van der Waals surface area contributed by atoms with Crippen LogP contribution in [0.25, 0.3) is 0 Å². The number of nitrogens with one attached hydrogen (secondary N) is 1. The van der Waals surface area contributed by atoms with Gasteiger partial charge in [0.15, 0.2) is 0 Å². The Morgan fingerprint density at radius 2 is 1.96 bits per heavy atom. The van der Waals surface area contributed by atoms with Crippen LogP contribution in [0.2, 0.25) is 0 Å². The van der Waals surface area contributed by atoms with Crippen LogP contribution >= 0.6 is 11.8 Å². The van der Waals surface area contributed by atoms with Gasteiger partial charge >= 0.3 is 0 Å². The van der Waals surface area contributed by atoms with Gasteiger partial charge in [-0.2, -0.15) is 0 Å². The van der Waals surface area contributed by atoms with E-state index in [0.717, 1.165) is 22.3 Å². The van der Waals surface area contributed by atoms with Crippen LogP contribution < -0.4 is 10.2 Å². The molecule has 1 aliphatic heterocycles. The van der Waals surface area contributed by atoms with Crippen molar-refractivity contribution in [3.63, 3.8) is 0 Å². The molecule has 0 aromatic heterocycles. The summed E-state index contributed by atoms with van der Waals surface area (Å²) in [6.07, 6.45) is 0. The molecule has 3 rings (SSSR count). The molecule has 1 aliphatic rings. The van der Waals surface area contributed by atoms with E-state index in [1.165, 1.54) is 31.1 Å². The van der Waals surface area contributed by atoms with E-state index in [4.69, 9.17) is 0 Å². The van der Waals surface area contributed by atoms with Gasteiger partial charge in [0.25, 0.3) is 0 Å². The van der Waals surface area contributed by atoms with Crippen LogP contribution in [0.5, 0.6) is 0 Å². The molecule has 1 amide bonds. The number of carbonyl (C=O) groups is 1. The fraction of sp³-hybridized carbons (Fsp3) is 0.278. The standard InChI is InChI=1S/C18H21N3O3S2/c1-20(2)26(23,24)15-7-5-6-14(12-15)19-18(22)13-21-10-11-25-17-9-4-3-8-16(17)21/h3-9,12H,10-11,13H2,1-2H3,(H,19,22). The van der Waals surface area contributed by atoms with Gasteiger partial charge in [-0.05, 0) is 30.3 Å². The number of fused-ring (bicyclic) bond motifs is 1. The molecule has 0 fully saturated rings. The zero-order chi connectivity index (χ0) is 18.7. The van der Waals surface area contributed by atoms with E-state index in [0.29, 0.717) is 5.69 Å². The Morgan fingerprint density at radius 3 is 2.73 bits per heavy atom. The summed E-state index contributed by atoms with van der Waals surface area (Å²) in [6.45, 7) is 1.02. The molecule has 1 heterocycles. The Kier molecular flexibility index (Phi) is 5.55. The van der Waals surface area contributed by atoms with Crippen LogP contribution in [-0.2, 0) is 14.8 Å². The van der Waals surface area contributed by atoms with Gasteiger partial charge in [-0.3, -0.25) is 4.79 Å². The van der Waals surface area contributed by atoms with Gasteiger partial charge in [0, 0.05) is 37.0 Å². The molecular formula is C18H21N3O3S2. The third kappa shape index (κ3) is 4.03. The van der Waals surface area contributed by atoms with Crippen LogP contribution in [0.3, 0.4) is 0 Å². The molecule has 6 nitrogen and oxygen atoms in total. The molecule has 0 radical (unpaired) electrons. The summed E-state index contributed by atoms with van der Waals surface area (Å²) in [5, 5.41) is 2.80. The molecule has 0 spiro atoms. The second kappa shape index (κ2) is 7.69. The van der Waals surface area contributed by atoms with E-state index >= 15 is 0 Å². The Bertz CT molecular complexity index is 913. The first-order valence-electron chi connectivity index (χ1n) is 8.17. The smallest absolute Gasteiger partial charge is 0.243 e. The van der Waals surface area contributed by atoms with Gasteiger partial charge in [-0.25, -0.2) is 12.7 Å². The van der Waals surface area contributed by atoms with E-state index < -0.39 is 10.0 Å². The summed E-state index contributed by atoms with van der Waals surface area (Å²) in [4.78, 5) is 15.8. The Hall–Kier alpha value is -2.03. The SMILES string of the molecule is CN(C)S(=O)(=O)c1cccc(NC(=O)CN2CCSc3ccccc32)c1. The van der Waals surface area contributed by atoms with Crippen molar-refractivity contribution in [2.24, 2.45) is 0 Å². The molecule has 0 saturated carbocycles. The number of hydrogen-bond donors (Lipinski definition) is 1. The molecule has 0 saturated heterocycles. The molecule has 1 N–H and O–H groups in total. The topological polar surface area (TPSA) is 69.7 Å². The molecule has 0 aliphatic carbocycles. The van der Waals surface area contributed by atoms with Gasteiger partial charge in [0.05, 0.1) is 17.1 Å². The summed E-state index contributed by atoms with van der Waals surface area (Å²) in [5.74, 6) is 0.757. The number of para-hydroxylation sites is 1. The second-order valence-electron chi connectivity index (χ2n) is 6.10. The van der Waals surface area contributed by atoms with Crippen molar-refractivity contribution in [3.05, 3.63) is 48.5 Å². The molecule has 0 atom stereocenters. The maximum absolute atomic E-state index is 12.5. The first-order chi connectivity index (χ1) is 12.4. The average molecular weight is 392 g/mol. The van der Waals surface area contributed by atoms with E-state index in [1.807, 2.05) is 23.1 Å². The lowest BCUT2D eigenvalue weighted by atomic mass is 10.2. The highest BCUT2D eigenvalue weighted by atomic mass is 32.2. The number of benzene rings is 2. The Labute approximate surface area is 158 Å². The predicted molar refractivity (Wildman–Crippen MR) is 105 cm³/mol. The minimum Gasteiger partial charge on any atom is -0.360 e. The Balaban J connectivity index is 1.72. The third-order valence-electron chi connectivity index (χ3n) is 4.06. The summed E-state index contributed by atoms with van der Waals surface area (Å²) < 4.78 is 25.6. The minimum atomic E-state index is -3.53. The monoisotopic (exact) mass is 391 g/mol. The van der Waals surface area contributed by atoms with Gasteiger partial charge in [-0.1, -0.05) is 18.2 Å². The van der Waals surface area contributed by atoms with Crippen LogP contribution in [0.15, 0.2) is 58.3 Å². The predicted octanol–water partition coefficient (Wildman–Crippen LogP) is 2.49. The Morgan fingerprint density at radius 1 is 1.19 bits per heavy atom. The van der Waals surface area contributed by atoms with Gasteiger partial charge in [0.2, 0.25) is 15.9 Å². The van der Waals surface area contributed by atoms with E-state index in [2.05, 4.69) is 11.4 Å². The van der Waals surface area contributed by atoms with Crippen molar-refractivity contribution in [2.45, 2.75) is 9.79 Å². The highest BCUT2D eigenvalue weighted by Gasteiger charge is 2.20. The molecule has 26 heavy (non-hydrogen) atoms. The number of sulfonamides is 1. The lowest BCUT2D eigenvalue weighted by Gasteiger charge is -2.30. The largest absolute Gasteiger partial charge is 0.360 e. The van der Waals surface area contributed by atoms with E-state index in [-0.39, 0.29) is 17.3 Å².